The van der Waals surface area contributed by atoms with E-state index in [-0.39, 0.29) is 11.6 Å². The van der Waals surface area contributed by atoms with Crippen LogP contribution >= 0.6 is 0 Å². The summed E-state index contributed by atoms with van der Waals surface area (Å²) in [4.78, 5) is 11.7. The Kier molecular flexibility index (Phi) is 6.51. The largest absolute Gasteiger partial charge is 0.416 e. The fourth-order valence-electron chi connectivity index (χ4n) is 3.61. The highest BCUT2D eigenvalue weighted by molar-refractivity contribution is 7.86. The molecule has 0 bridgehead atoms. The molecule has 0 saturated carbocycles. The van der Waals surface area contributed by atoms with E-state index in [1.807, 2.05) is 12.2 Å². The van der Waals surface area contributed by atoms with Crippen molar-refractivity contribution in [3.63, 3.8) is 0 Å². The average Bonchev–Trinajstić information content (AvgIpc) is 2.69. The molecule has 1 aromatic rings. The van der Waals surface area contributed by atoms with Crippen LogP contribution in [0.1, 0.15) is 31.7 Å². The molecule has 6 nitrogen and oxygen atoms in total. The molecule has 166 valence electrons. The number of nitrogens with one attached hydrogen (secondary N) is 1. The highest BCUT2D eigenvalue weighted by Crippen LogP contribution is 2.36. The summed E-state index contributed by atoms with van der Waals surface area (Å²) in [5.41, 5.74) is 1.72. The van der Waals surface area contributed by atoms with E-state index in [1.165, 1.54) is 6.08 Å². The van der Waals surface area contributed by atoms with E-state index >= 15 is 0 Å². The van der Waals surface area contributed by atoms with Gasteiger partial charge in [-0.15, -0.1) is 0 Å². The standard InChI is InChI=1S/C21H21F3N2O4S/c1-2-3-5-13-6-4-7-16-15(13)9-10-18(27)20(16)26-25-17-12-14(21(22,23)24)8-11-19(17)31(28,29)30/h4,6-12,15-16,25H,2-3,5H2,1H3,(H,28,29,30)/b26-20-. The minimum atomic E-state index is -4.83. The number of carbonyl (C=O) groups excluding carboxylic acids is 1. The van der Waals surface area contributed by atoms with Gasteiger partial charge in [0.25, 0.3) is 10.1 Å². The van der Waals surface area contributed by atoms with Crippen molar-refractivity contribution in [1.82, 2.24) is 0 Å². The lowest BCUT2D eigenvalue weighted by molar-refractivity contribution is -0.137. The normalized spacial score (nSPS) is 22.4. The number of anilines is 1. The third kappa shape index (κ3) is 5.13. The number of halogens is 3. The van der Waals surface area contributed by atoms with Crippen molar-refractivity contribution in [3.8, 4) is 0 Å². The Morgan fingerprint density at radius 2 is 1.94 bits per heavy atom. The van der Waals surface area contributed by atoms with Crippen LogP contribution in [0.25, 0.3) is 0 Å². The quantitative estimate of drug-likeness (QED) is 0.477. The monoisotopic (exact) mass is 454 g/mol. The van der Waals surface area contributed by atoms with E-state index in [2.05, 4.69) is 17.5 Å². The summed E-state index contributed by atoms with van der Waals surface area (Å²) in [6.07, 6.45) is 6.77. The van der Waals surface area contributed by atoms with Crippen LogP contribution in [0.15, 0.2) is 64.1 Å². The maximum atomic E-state index is 13.1. The predicted octanol–water partition coefficient (Wildman–Crippen LogP) is 4.78. The van der Waals surface area contributed by atoms with Crippen molar-refractivity contribution in [2.75, 3.05) is 5.43 Å². The van der Waals surface area contributed by atoms with Crippen molar-refractivity contribution in [2.24, 2.45) is 16.9 Å². The Morgan fingerprint density at radius 1 is 1.19 bits per heavy atom. The summed E-state index contributed by atoms with van der Waals surface area (Å²) in [5, 5.41) is 3.98. The molecule has 2 aliphatic rings. The van der Waals surface area contributed by atoms with E-state index in [4.69, 9.17) is 0 Å². The van der Waals surface area contributed by atoms with E-state index in [0.717, 1.165) is 24.8 Å². The van der Waals surface area contributed by atoms with Crippen LogP contribution in [0.3, 0.4) is 0 Å². The van der Waals surface area contributed by atoms with Gasteiger partial charge in [0.2, 0.25) is 5.78 Å². The second kappa shape index (κ2) is 8.80. The SMILES string of the molecule is CCCCC1=CC=CC2/C(=N/Nc3cc(C(F)(F)F)ccc3S(=O)(=O)O)C(=O)C=CC12. The van der Waals surface area contributed by atoms with Crippen LogP contribution < -0.4 is 5.43 Å². The smallest absolute Gasteiger partial charge is 0.288 e. The molecular weight excluding hydrogens is 433 g/mol. The minimum Gasteiger partial charge on any atom is -0.288 e. The van der Waals surface area contributed by atoms with Crippen LogP contribution in [-0.4, -0.2) is 24.5 Å². The van der Waals surface area contributed by atoms with Gasteiger partial charge >= 0.3 is 6.18 Å². The first-order chi connectivity index (χ1) is 14.5. The van der Waals surface area contributed by atoms with Crippen molar-refractivity contribution in [3.05, 3.63) is 59.7 Å². The van der Waals surface area contributed by atoms with Crippen LogP contribution in [0, 0.1) is 11.8 Å². The molecule has 10 heteroatoms. The first kappa shape index (κ1) is 23.0. The van der Waals surface area contributed by atoms with E-state index in [0.29, 0.717) is 18.2 Å². The molecule has 0 heterocycles. The lowest BCUT2D eigenvalue weighted by Crippen LogP contribution is -2.33. The number of carbonyl (C=O) groups is 1. The van der Waals surface area contributed by atoms with Gasteiger partial charge in [0.15, 0.2) is 0 Å². The summed E-state index contributed by atoms with van der Waals surface area (Å²) < 4.78 is 71.7. The van der Waals surface area contributed by atoms with Gasteiger partial charge in [-0.2, -0.15) is 26.7 Å². The number of nitrogens with zero attached hydrogens (tertiary/aromatic N) is 1. The molecule has 0 amide bonds. The van der Waals surface area contributed by atoms with Gasteiger partial charge in [0, 0.05) is 11.8 Å². The van der Waals surface area contributed by atoms with Gasteiger partial charge in [-0.1, -0.05) is 43.2 Å². The molecule has 2 unspecified atom stereocenters. The summed E-state index contributed by atoms with van der Waals surface area (Å²) in [6.45, 7) is 2.07. The Bertz CT molecular complexity index is 1100. The summed E-state index contributed by atoms with van der Waals surface area (Å²) in [5.74, 6) is -0.977. The first-order valence-electron chi connectivity index (χ1n) is 9.64. The molecule has 0 spiro atoms. The second-order valence-corrected chi connectivity index (χ2v) is 8.69. The third-order valence-electron chi connectivity index (χ3n) is 5.17. The number of ketones is 1. The number of unbranched alkanes of at least 4 members (excludes halogenated alkanes) is 1. The van der Waals surface area contributed by atoms with E-state index < -0.39 is 44.1 Å². The van der Waals surface area contributed by atoms with Crippen molar-refractivity contribution in [1.29, 1.82) is 0 Å². The molecule has 3 rings (SSSR count). The van der Waals surface area contributed by atoms with Gasteiger partial charge < -0.3 is 0 Å². The van der Waals surface area contributed by atoms with Gasteiger partial charge in [0.1, 0.15) is 10.6 Å². The number of allylic oxidation sites excluding steroid dienone is 6. The molecule has 1 aromatic carbocycles. The van der Waals surface area contributed by atoms with Crippen molar-refractivity contribution >= 4 is 27.3 Å². The summed E-state index contributed by atoms with van der Waals surface area (Å²) in [6, 6.07) is 1.70. The first-order valence-corrected chi connectivity index (χ1v) is 11.1. The fraction of sp³-hybridized carbons (Fsp3) is 0.333. The maximum Gasteiger partial charge on any atom is 0.416 e. The topological polar surface area (TPSA) is 95.8 Å². The van der Waals surface area contributed by atoms with Crippen molar-refractivity contribution < 1.29 is 30.9 Å². The minimum absolute atomic E-state index is 0.0459. The highest BCUT2D eigenvalue weighted by Gasteiger charge is 2.34. The van der Waals surface area contributed by atoms with Gasteiger partial charge in [-0.3, -0.25) is 14.8 Å². The zero-order valence-corrected chi connectivity index (χ0v) is 17.4. The number of hydrogen-bond donors (Lipinski definition) is 2. The predicted molar refractivity (Wildman–Crippen MR) is 110 cm³/mol. The lowest BCUT2D eigenvalue weighted by atomic mass is 9.74. The van der Waals surface area contributed by atoms with Gasteiger partial charge in [-0.25, -0.2) is 0 Å². The molecule has 31 heavy (non-hydrogen) atoms. The van der Waals surface area contributed by atoms with Crippen molar-refractivity contribution in [2.45, 2.75) is 37.3 Å². The maximum absolute atomic E-state index is 13.1. The highest BCUT2D eigenvalue weighted by atomic mass is 32.2. The van der Waals surface area contributed by atoms with Gasteiger partial charge in [0.05, 0.1) is 11.3 Å². The Hall–Kier alpha value is -2.72. The number of hydrogen-bond acceptors (Lipinski definition) is 5. The molecule has 2 aliphatic carbocycles. The number of alkyl halides is 3. The number of hydrazone groups is 1. The van der Waals surface area contributed by atoms with Crippen LogP contribution in [0.2, 0.25) is 0 Å². The number of rotatable bonds is 6. The Morgan fingerprint density at radius 3 is 2.58 bits per heavy atom. The van der Waals surface area contributed by atoms with Crippen LogP contribution in [0.4, 0.5) is 18.9 Å². The second-order valence-electron chi connectivity index (χ2n) is 7.30. The number of benzene rings is 1. The van der Waals surface area contributed by atoms with Crippen LogP contribution in [-0.2, 0) is 21.1 Å². The summed E-state index contributed by atoms with van der Waals surface area (Å²) >= 11 is 0. The lowest BCUT2D eigenvalue weighted by Gasteiger charge is -2.30. The zero-order chi connectivity index (χ0) is 22.8. The molecule has 0 aliphatic heterocycles. The molecule has 2 atom stereocenters. The molecule has 0 saturated heterocycles. The molecule has 0 aromatic heterocycles. The molecular formula is C21H21F3N2O4S. The zero-order valence-electron chi connectivity index (χ0n) is 16.6. The third-order valence-corrected chi connectivity index (χ3v) is 6.08. The van der Waals surface area contributed by atoms with E-state index in [9.17, 15) is 30.9 Å². The average molecular weight is 454 g/mol. The Balaban J connectivity index is 1.97. The summed E-state index contributed by atoms with van der Waals surface area (Å²) in [7, 11) is -4.83. The Labute approximate surface area is 178 Å². The van der Waals surface area contributed by atoms with E-state index in [1.54, 1.807) is 12.2 Å². The fourth-order valence-corrected chi connectivity index (χ4v) is 4.23. The number of fused-ring (bicyclic) bond motifs is 1. The molecule has 0 radical (unpaired) electrons. The molecule has 2 N–H and O–H groups in total. The molecule has 0 fully saturated rings. The van der Waals surface area contributed by atoms with Gasteiger partial charge in [-0.05, 0) is 37.1 Å². The van der Waals surface area contributed by atoms with Crippen LogP contribution in [0.5, 0.6) is 0 Å².